The number of amides is 1. The fraction of sp³-hybridized carbons (Fsp3) is 0.667. The lowest BCUT2D eigenvalue weighted by molar-refractivity contribution is -0.122. The molecule has 0 radical (unpaired) electrons. The molecule has 0 atom stereocenters. The van der Waals surface area contributed by atoms with E-state index in [4.69, 9.17) is 18.0 Å². The van der Waals surface area contributed by atoms with Crippen molar-refractivity contribution in [2.75, 3.05) is 5.32 Å². The number of nitrogens with one attached hydrogen (secondary N) is 1. The summed E-state index contributed by atoms with van der Waals surface area (Å²) in [7, 11) is 1.85. The molecule has 116 valence electrons. The number of carbonyl (C=O) groups is 1. The van der Waals surface area contributed by atoms with Crippen LogP contribution in [0.1, 0.15) is 51.1 Å². The second-order valence-corrected chi connectivity index (χ2v) is 6.27. The molecule has 1 aliphatic rings. The van der Waals surface area contributed by atoms with Crippen LogP contribution in [0.4, 0.5) is 5.69 Å². The minimum Gasteiger partial charge on any atom is -0.392 e. The second-order valence-electron chi connectivity index (χ2n) is 5.83. The third-order valence-electron chi connectivity index (χ3n) is 4.35. The van der Waals surface area contributed by atoms with Crippen LogP contribution in [-0.2, 0) is 18.3 Å². The molecule has 0 saturated heterocycles. The van der Waals surface area contributed by atoms with Crippen LogP contribution < -0.4 is 11.1 Å². The van der Waals surface area contributed by atoms with Crippen molar-refractivity contribution in [1.29, 1.82) is 0 Å². The molecular weight excluding hydrogens is 284 g/mol. The molecule has 6 heteroatoms. The molecule has 2 rings (SSSR count). The normalized spacial score (nSPS) is 18.0. The van der Waals surface area contributed by atoms with Crippen molar-refractivity contribution in [2.45, 2.75) is 51.9 Å². The van der Waals surface area contributed by atoms with Gasteiger partial charge in [-0.15, -0.1) is 0 Å². The standard InChI is InChI=1S/C15H24N4OS/c1-3-11-12(10-19(2)18-11)17-14(20)15(13(16)21)8-6-4-5-7-9-15/h10H,3-9H2,1-2H3,(H2,16,21)(H,17,20). The molecule has 1 fully saturated rings. The highest BCUT2D eigenvalue weighted by atomic mass is 32.1. The highest BCUT2D eigenvalue weighted by Gasteiger charge is 2.41. The summed E-state index contributed by atoms with van der Waals surface area (Å²) >= 11 is 5.24. The van der Waals surface area contributed by atoms with Gasteiger partial charge in [0.25, 0.3) is 0 Å². The molecule has 1 saturated carbocycles. The van der Waals surface area contributed by atoms with Gasteiger partial charge in [-0.2, -0.15) is 5.10 Å². The van der Waals surface area contributed by atoms with Gasteiger partial charge in [-0.25, -0.2) is 0 Å². The van der Waals surface area contributed by atoms with E-state index in [0.717, 1.165) is 56.3 Å². The summed E-state index contributed by atoms with van der Waals surface area (Å²) < 4.78 is 1.72. The maximum atomic E-state index is 12.8. The summed E-state index contributed by atoms with van der Waals surface area (Å²) in [6.07, 6.45) is 8.38. The van der Waals surface area contributed by atoms with Crippen LogP contribution in [0.2, 0.25) is 0 Å². The van der Waals surface area contributed by atoms with E-state index in [2.05, 4.69) is 10.4 Å². The Morgan fingerprint density at radius 1 is 1.43 bits per heavy atom. The highest BCUT2D eigenvalue weighted by molar-refractivity contribution is 7.80. The summed E-state index contributed by atoms with van der Waals surface area (Å²) in [5, 5.41) is 7.36. The Bertz CT molecular complexity index is 530. The van der Waals surface area contributed by atoms with E-state index in [-0.39, 0.29) is 5.91 Å². The van der Waals surface area contributed by atoms with Crippen molar-refractivity contribution in [1.82, 2.24) is 9.78 Å². The van der Waals surface area contributed by atoms with Gasteiger partial charge in [0, 0.05) is 13.2 Å². The topological polar surface area (TPSA) is 72.9 Å². The molecule has 0 spiro atoms. The first-order valence-electron chi connectivity index (χ1n) is 7.63. The van der Waals surface area contributed by atoms with Crippen molar-refractivity contribution in [3.63, 3.8) is 0 Å². The molecule has 21 heavy (non-hydrogen) atoms. The quantitative estimate of drug-likeness (QED) is 0.662. The predicted molar refractivity (Wildman–Crippen MR) is 88.1 cm³/mol. The van der Waals surface area contributed by atoms with E-state index in [0.29, 0.717) is 4.99 Å². The zero-order valence-electron chi connectivity index (χ0n) is 12.8. The van der Waals surface area contributed by atoms with Crippen molar-refractivity contribution in [2.24, 2.45) is 18.2 Å². The molecule has 0 aromatic carbocycles. The fourth-order valence-corrected chi connectivity index (χ4v) is 3.36. The molecule has 1 amide bonds. The number of nitrogens with two attached hydrogens (primary N) is 1. The number of nitrogens with zero attached hydrogens (tertiary/aromatic N) is 2. The first-order chi connectivity index (χ1) is 9.99. The summed E-state index contributed by atoms with van der Waals surface area (Å²) in [5.74, 6) is -0.0698. The smallest absolute Gasteiger partial charge is 0.237 e. The summed E-state index contributed by atoms with van der Waals surface area (Å²) in [6.45, 7) is 2.02. The van der Waals surface area contributed by atoms with Gasteiger partial charge >= 0.3 is 0 Å². The van der Waals surface area contributed by atoms with Crippen LogP contribution in [0.15, 0.2) is 6.20 Å². The first kappa shape index (κ1) is 15.9. The molecule has 1 heterocycles. The van der Waals surface area contributed by atoms with Gasteiger partial charge in [0.05, 0.1) is 21.8 Å². The minimum atomic E-state index is -0.702. The fourth-order valence-electron chi connectivity index (χ4n) is 3.06. The lowest BCUT2D eigenvalue weighted by atomic mass is 9.79. The van der Waals surface area contributed by atoms with Crippen LogP contribution in [0, 0.1) is 5.41 Å². The van der Waals surface area contributed by atoms with Gasteiger partial charge in [-0.1, -0.05) is 44.8 Å². The lowest BCUT2D eigenvalue weighted by Crippen LogP contribution is -2.45. The number of aromatic nitrogens is 2. The Morgan fingerprint density at radius 2 is 2.05 bits per heavy atom. The molecule has 1 aromatic rings. The average molecular weight is 308 g/mol. The minimum absolute atomic E-state index is 0.0698. The van der Waals surface area contributed by atoms with E-state index >= 15 is 0 Å². The predicted octanol–water partition coefficient (Wildman–Crippen LogP) is 2.55. The molecule has 1 aromatic heterocycles. The van der Waals surface area contributed by atoms with Gasteiger partial charge in [0.15, 0.2) is 0 Å². The van der Waals surface area contributed by atoms with Gasteiger partial charge in [0.2, 0.25) is 5.91 Å². The number of anilines is 1. The number of rotatable bonds is 4. The van der Waals surface area contributed by atoms with Crippen LogP contribution in [0.3, 0.4) is 0 Å². The molecule has 1 aliphatic carbocycles. The second kappa shape index (κ2) is 6.56. The van der Waals surface area contributed by atoms with Crippen LogP contribution >= 0.6 is 12.2 Å². The maximum absolute atomic E-state index is 12.8. The van der Waals surface area contributed by atoms with E-state index < -0.39 is 5.41 Å². The van der Waals surface area contributed by atoms with Crippen molar-refractivity contribution < 1.29 is 4.79 Å². The Labute approximate surface area is 131 Å². The number of thiocarbonyl (C=S) groups is 1. The lowest BCUT2D eigenvalue weighted by Gasteiger charge is -2.30. The van der Waals surface area contributed by atoms with Gasteiger partial charge < -0.3 is 11.1 Å². The Balaban J connectivity index is 2.24. The summed E-state index contributed by atoms with van der Waals surface area (Å²) in [4.78, 5) is 13.2. The average Bonchev–Trinajstić information content (AvgIpc) is 2.66. The molecule has 0 bridgehead atoms. The number of carbonyl (C=O) groups excluding carboxylic acids is 1. The van der Waals surface area contributed by atoms with Crippen molar-refractivity contribution in [3.8, 4) is 0 Å². The molecule has 3 N–H and O–H groups in total. The van der Waals surface area contributed by atoms with Gasteiger partial charge in [-0.05, 0) is 19.3 Å². The number of hydrogen-bond donors (Lipinski definition) is 2. The Morgan fingerprint density at radius 3 is 2.57 bits per heavy atom. The van der Waals surface area contributed by atoms with Crippen LogP contribution in [0.25, 0.3) is 0 Å². The highest BCUT2D eigenvalue weighted by Crippen LogP contribution is 2.37. The van der Waals surface area contributed by atoms with E-state index in [1.165, 1.54) is 0 Å². The van der Waals surface area contributed by atoms with Gasteiger partial charge in [0.1, 0.15) is 0 Å². The third-order valence-corrected chi connectivity index (χ3v) is 4.74. The summed E-state index contributed by atoms with van der Waals surface area (Å²) in [5.41, 5.74) is 6.91. The van der Waals surface area contributed by atoms with E-state index in [1.807, 2.05) is 20.2 Å². The van der Waals surface area contributed by atoms with Crippen LogP contribution in [-0.4, -0.2) is 20.7 Å². The third kappa shape index (κ3) is 3.26. The zero-order valence-corrected chi connectivity index (χ0v) is 13.6. The first-order valence-corrected chi connectivity index (χ1v) is 8.04. The number of hydrogen-bond acceptors (Lipinski definition) is 3. The van der Waals surface area contributed by atoms with Gasteiger partial charge in [-0.3, -0.25) is 9.48 Å². The monoisotopic (exact) mass is 308 g/mol. The van der Waals surface area contributed by atoms with Crippen LogP contribution in [0.5, 0.6) is 0 Å². The Kier molecular flexibility index (Phi) is 4.98. The zero-order chi connectivity index (χ0) is 15.5. The van der Waals surface area contributed by atoms with Crippen molar-refractivity contribution >= 4 is 28.8 Å². The summed E-state index contributed by atoms with van der Waals surface area (Å²) in [6, 6.07) is 0. The molecular formula is C15H24N4OS. The molecule has 0 aliphatic heterocycles. The number of aryl methyl sites for hydroxylation is 2. The van der Waals surface area contributed by atoms with Crippen molar-refractivity contribution in [3.05, 3.63) is 11.9 Å². The SMILES string of the molecule is CCc1nn(C)cc1NC(=O)C1(C(N)=S)CCCCCC1. The van der Waals surface area contributed by atoms with E-state index in [9.17, 15) is 4.79 Å². The maximum Gasteiger partial charge on any atom is 0.237 e. The molecule has 5 nitrogen and oxygen atoms in total. The Hall–Kier alpha value is -1.43. The largest absolute Gasteiger partial charge is 0.392 e. The molecule has 0 unspecified atom stereocenters. The van der Waals surface area contributed by atoms with E-state index in [1.54, 1.807) is 4.68 Å².